The van der Waals surface area contributed by atoms with Crippen LogP contribution in [0.1, 0.15) is 103 Å². The van der Waals surface area contributed by atoms with Gasteiger partial charge in [0.1, 0.15) is 5.82 Å². The second-order valence-corrected chi connectivity index (χ2v) is 25.1. The second-order valence-electron chi connectivity index (χ2n) is 20.9. The minimum atomic E-state index is -2.89. The Hall–Kier alpha value is -5.42. The summed E-state index contributed by atoms with van der Waals surface area (Å²) in [6.07, 6.45) is 4.44. The summed E-state index contributed by atoms with van der Waals surface area (Å²) >= 11 is 8.00. The van der Waals surface area contributed by atoms with E-state index in [-0.39, 0.29) is 27.5 Å². The van der Waals surface area contributed by atoms with Gasteiger partial charge in [-0.3, -0.25) is 0 Å². The predicted octanol–water partition coefficient (Wildman–Crippen LogP) is 13.8. The second kappa shape index (κ2) is 14.8. The molecule has 318 valence electrons. The Labute approximate surface area is 380 Å². The van der Waals surface area contributed by atoms with Gasteiger partial charge >= 0.3 is 0 Å². The van der Waals surface area contributed by atoms with Crippen molar-refractivity contribution in [2.75, 3.05) is 9.80 Å². The average molecular weight is 866 g/mol. The van der Waals surface area contributed by atoms with Gasteiger partial charge in [0, 0.05) is 22.7 Å². The number of halogens is 2. The molecule has 0 unspecified atom stereocenters. The third kappa shape index (κ3) is 6.54. The molecule has 1 heterocycles. The first kappa shape index (κ1) is 41.6. The number of para-hydroxylation sites is 2. The van der Waals surface area contributed by atoms with E-state index in [1.807, 2.05) is 0 Å². The van der Waals surface area contributed by atoms with Crippen molar-refractivity contribution in [3.8, 4) is 0 Å². The van der Waals surface area contributed by atoms with Gasteiger partial charge < -0.3 is 9.80 Å². The first-order valence-electron chi connectivity index (χ1n) is 22.7. The fourth-order valence-electron chi connectivity index (χ4n) is 11.4. The lowest BCUT2D eigenvalue weighted by molar-refractivity contribution is 0.332. The first-order chi connectivity index (χ1) is 30.0. The largest absolute Gasteiger partial charge is 0.309 e. The van der Waals surface area contributed by atoms with Gasteiger partial charge in [-0.1, -0.05) is 176 Å². The number of hydrogen-bond donors (Lipinski definition) is 0. The summed E-state index contributed by atoms with van der Waals surface area (Å²) in [5.74, 6) is -0.344. The maximum Gasteiger partial charge on any atom is 0.184 e. The summed E-state index contributed by atoms with van der Waals surface area (Å²) in [6, 6.07) is 56.6. The summed E-state index contributed by atoms with van der Waals surface area (Å²) in [5, 5.41) is 5.55. The van der Waals surface area contributed by atoms with E-state index in [0.29, 0.717) is 16.4 Å². The lowest BCUT2D eigenvalue weighted by atomic mass is 9.63. The molecule has 0 N–H and O–H groups in total. The van der Waals surface area contributed by atoms with Crippen LogP contribution < -0.4 is 30.5 Å². The first-order valence-corrected chi connectivity index (χ1v) is 25.1. The van der Waals surface area contributed by atoms with Gasteiger partial charge in [0.2, 0.25) is 0 Å². The molecule has 7 aromatic rings. The van der Waals surface area contributed by atoms with Crippen molar-refractivity contribution in [3.05, 3.63) is 191 Å². The van der Waals surface area contributed by atoms with E-state index >= 15 is 4.39 Å². The zero-order valence-corrected chi connectivity index (χ0v) is 39.7. The van der Waals surface area contributed by atoms with Crippen molar-refractivity contribution in [1.82, 2.24) is 0 Å². The van der Waals surface area contributed by atoms with Crippen LogP contribution in [0.2, 0.25) is 5.02 Å². The van der Waals surface area contributed by atoms with Crippen LogP contribution in [0.15, 0.2) is 158 Å². The van der Waals surface area contributed by atoms with Gasteiger partial charge in [-0.2, -0.15) is 0 Å². The molecule has 0 bridgehead atoms. The smallest absolute Gasteiger partial charge is 0.184 e. The normalized spacial score (nSPS) is 18.3. The van der Waals surface area contributed by atoms with E-state index in [2.05, 4.69) is 211 Å². The molecule has 10 rings (SSSR count). The molecule has 3 aliphatic rings. The van der Waals surface area contributed by atoms with E-state index in [4.69, 9.17) is 11.6 Å². The highest BCUT2D eigenvalue weighted by molar-refractivity contribution is 7.21. The standard InChI is InChI=1S/C58H58ClFN2Si/c1-55(2)31-33-57(5,6)46-37-40(27-29-44(46)55)61(41-28-30-45-47(38-41)58(7,8)34-32-56(45,3)4)50-35-39(60)36-51(54(50)59)62-48-23-15-17-25-52(48)63(42-19-11-9-12-20-42,43-21-13-10-14-22-43)53-26-18-16-24-49(53)62/h9-30,35-38H,31-34H2,1-8H3. The van der Waals surface area contributed by atoms with Crippen LogP contribution in [-0.2, 0) is 21.7 Å². The highest BCUT2D eigenvalue weighted by Gasteiger charge is 2.49. The fraction of sp³-hybridized carbons (Fsp3) is 0.276. The Kier molecular flexibility index (Phi) is 9.78. The van der Waals surface area contributed by atoms with E-state index in [0.717, 1.165) is 48.4 Å². The predicted molar refractivity (Wildman–Crippen MR) is 269 cm³/mol. The molecule has 0 radical (unpaired) electrons. The third-order valence-corrected chi connectivity index (χ3v) is 20.4. The highest BCUT2D eigenvalue weighted by Crippen LogP contribution is 2.53. The van der Waals surface area contributed by atoms with Gasteiger partial charge in [-0.25, -0.2) is 4.39 Å². The molecule has 0 aromatic heterocycles. The molecule has 63 heavy (non-hydrogen) atoms. The SMILES string of the molecule is CC1(C)CCC(C)(C)c2cc(N(c3ccc4c(c3)C(C)(C)CCC4(C)C)c3cc(F)cc(N4c5ccccc5[Si](c5ccccc5)(c5ccccc5)c5ccccc54)c3Cl)ccc21. The topological polar surface area (TPSA) is 6.48 Å². The van der Waals surface area contributed by atoms with Crippen LogP contribution in [0.5, 0.6) is 0 Å². The average Bonchev–Trinajstić information content (AvgIpc) is 3.28. The van der Waals surface area contributed by atoms with Gasteiger partial charge in [0.05, 0.1) is 16.4 Å². The lowest BCUT2D eigenvalue weighted by Crippen LogP contribution is -2.77. The maximum absolute atomic E-state index is 17.1. The number of anilines is 6. The summed E-state index contributed by atoms with van der Waals surface area (Å²) in [6.45, 7) is 18.9. The van der Waals surface area contributed by atoms with Crippen LogP contribution in [0.4, 0.5) is 38.5 Å². The number of benzene rings is 7. The number of nitrogens with zero attached hydrogens (tertiary/aromatic N) is 2. The number of rotatable bonds is 6. The highest BCUT2D eigenvalue weighted by atomic mass is 35.5. The Bertz CT molecular complexity index is 2730. The van der Waals surface area contributed by atoms with Crippen molar-refractivity contribution in [2.24, 2.45) is 0 Å². The molecule has 0 saturated heterocycles. The van der Waals surface area contributed by atoms with E-state index in [1.54, 1.807) is 12.1 Å². The van der Waals surface area contributed by atoms with Crippen LogP contribution >= 0.6 is 11.6 Å². The lowest BCUT2D eigenvalue weighted by Gasteiger charge is -2.45. The minimum absolute atomic E-state index is 0.0274. The van der Waals surface area contributed by atoms with Crippen molar-refractivity contribution in [2.45, 2.75) is 103 Å². The van der Waals surface area contributed by atoms with Crippen LogP contribution in [0.25, 0.3) is 0 Å². The number of fused-ring (bicyclic) bond motifs is 4. The van der Waals surface area contributed by atoms with Crippen molar-refractivity contribution >= 4 is 74.5 Å². The summed E-state index contributed by atoms with van der Waals surface area (Å²) in [4.78, 5) is 4.46. The quantitative estimate of drug-likeness (QED) is 0.154. The Morgan fingerprint density at radius 2 is 0.857 bits per heavy atom. The van der Waals surface area contributed by atoms with Gasteiger partial charge in [-0.15, -0.1) is 0 Å². The molecular weight excluding hydrogens is 807 g/mol. The molecule has 0 atom stereocenters. The minimum Gasteiger partial charge on any atom is -0.309 e. The molecule has 0 fully saturated rings. The van der Waals surface area contributed by atoms with E-state index < -0.39 is 8.07 Å². The molecule has 0 amide bonds. The van der Waals surface area contributed by atoms with Crippen LogP contribution in [-0.4, -0.2) is 8.07 Å². The third-order valence-electron chi connectivity index (χ3n) is 15.2. The summed E-state index contributed by atoms with van der Waals surface area (Å²) in [5.41, 5.74) is 10.7. The van der Waals surface area contributed by atoms with E-state index in [9.17, 15) is 0 Å². The van der Waals surface area contributed by atoms with E-state index in [1.165, 1.54) is 43.0 Å². The van der Waals surface area contributed by atoms with Gasteiger partial charge in [0.25, 0.3) is 0 Å². The maximum atomic E-state index is 17.1. The summed E-state index contributed by atoms with van der Waals surface area (Å²) < 4.78 is 17.1. The fourth-order valence-corrected chi connectivity index (χ4v) is 16.8. The molecule has 7 aromatic carbocycles. The zero-order chi connectivity index (χ0) is 44.1. The van der Waals surface area contributed by atoms with Crippen molar-refractivity contribution in [3.63, 3.8) is 0 Å². The Balaban J connectivity index is 1.24. The van der Waals surface area contributed by atoms with Crippen LogP contribution in [0, 0.1) is 5.82 Å². The number of hydrogen-bond acceptors (Lipinski definition) is 2. The summed E-state index contributed by atoms with van der Waals surface area (Å²) in [7, 11) is -2.89. The van der Waals surface area contributed by atoms with Crippen molar-refractivity contribution in [1.29, 1.82) is 0 Å². The zero-order valence-electron chi connectivity index (χ0n) is 38.0. The molecule has 0 saturated carbocycles. The van der Waals surface area contributed by atoms with Crippen LogP contribution in [0.3, 0.4) is 0 Å². The molecule has 5 heteroatoms. The Morgan fingerprint density at radius 1 is 0.460 bits per heavy atom. The van der Waals surface area contributed by atoms with Gasteiger partial charge in [-0.05, 0) is 139 Å². The van der Waals surface area contributed by atoms with Crippen molar-refractivity contribution < 1.29 is 4.39 Å². The molecular formula is C58H58ClFN2Si. The van der Waals surface area contributed by atoms with Gasteiger partial charge in [0.15, 0.2) is 8.07 Å². The molecule has 2 aliphatic carbocycles. The Morgan fingerprint density at radius 3 is 1.30 bits per heavy atom. The molecule has 1 aliphatic heterocycles. The molecule has 0 spiro atoms. The molecule has 2 nitrogen and oxygen atoms in total. The monoisotopic (exact) mass is 864 g/mol.